The highest BCUT2D eigenvalue weighted by Gasteiger charge is 2.36. The number of nitrogens with zero attached hydrogens (tertiary/aromatic N) is 1. The van der Waals surface area contributed by atoms with E-state index >= 15 is 0 Å². The van der Waals surface area contributed by atoms with E-state index in [4.69, 9.17) is 10.00 Å². The zero-order valence-corrected chi connectivity index (χ0v) is 10.8. The lowest BCUT2D eigenvalue weighted by molar-refractivity contribution is -0.0692. The van der Waals surface area contributed by atoms with Crippen LogP contribution in [0.4, 0.5) is 0 Å². The average Bonchev–Trinajstić information content (AvgIpc) is 2.21. The molecule has 1 fully saturated rings. The number of nitrogens with one attached hydrogen (secondary N) is 1. The first-order valence-electron chi connectivity index (χ1n) is 6.21. The smallest absolute Gasteiger partial charge is 0.0802 e. The number of ether oxygens (including phenoxy) is 1. The molecule has 0 heterocycles. The first kappa shape index (κ1) is 13.5. The normalized spacial score (nSPS) is 18.9. The van der Waals surface area contributed by atoms with Crippen molar-refractivity contribution in [1.29, 1.82) is 5.26 Å². The van der Waals surface area contributed by atoms with Gasteiger partial charge in [-0.1, -0.05) is 0 Å². The Kier molecular flexibility index (Phi) is 4.76. The predicted molar refractivity (Wildman–Crippen MR) is 65.1 cm³/mol. The summed E-state index contributed by atoms with van der Waals surface area (Å²) >= 11 is 0. The molecule has 16 heavy (non-hydrogen) atoms. The van der Waals surface area contributed by atoms with Crippen LogP contribution in [0.5, 0.6) is 0 Å². The van der Waals surface area contributed by atoms with Gasteiger partial charge in [0.2, 0.25) is 0 Å². The van der Waals surface area contributed by atoms with E-state index in [-0.39, 0.29) is 11.0 Å². The van der Waals surface area contributed by atoms with Crippen LogP contribution in [0.25, 0.3) is 0 Å². The number of nitriles is 1. The van der Waals surface area contributed by atoms with E-state index in [1.54, 1.807) is 7.11 Å². The van der Waals surface area contributed by atoms with Gasteiger partial charge in [0, 0.05) is 13.7 Å². The molecule has 0 bridgehead atoms. The van der Waals surface area contributed by atoms with Gasteiger partial charge in [-0.2, -0.15) is 5.26 Å². The Hall–Kier alpha value is -0.590. The van der Waals surface area contributed by atoms with Crippen molar-refractivity contribution in [3.8, 4) is 6.07 Å². The quantitative estimate of drug-likeness (QED) is 0.676. The molecule has 0 amide bonds. The molecular formula is C13H24N2O. The topological polar surface area (TPSA) is 45.0 Å². The molecule has 1 aliphatic carbocycles. The van der Waals surface area contributed by atoms with Gasteiger partial charge in [0.1, 0.15) is 0 Å². The van der Waals surface area contributed by atoms with Crippen LogP contribution >= 0.6 is 0 Å². The predicted octanol–water partition coefficient (Wildman–Crippen LogP) is 2.48. The fraction of sp³-hybridized carbons (Fsp3) is 0.923. The molecule has 1 aliphatic rings. The summed E-state index contributed by atoms with van der Waals surface area (Å²) in [4.78, 5) is 0. The van der Waals surface area contributed by atoms with Gasteiger partial charge in [-0.05, 0) is 52.5 Å². The van der Waals surface area contributed by atoms with Crippen LogP contribution in [-0.2, 0) is 4.74 Å². The largest absolute Gasteiger partial charge is 0.377 e. The second-order valence-electron chi connectivity index (χ2n) is 5.52. The molecule has 1 N–H and O–H groups in total. The minimum Gasteiger partial charge on any atom is -0.377 e. The van der Waals surface area contributed by atoms with Gasteiger partial charge in [-0.25, -0.2) is 0 Å². The maximum absolute atomic E-state index is 8.87. The van der Waals surface area contributed by atoms with Crippen LogP contribution < -0.4 is 5.32 Å². The molecule has 3 nitrogen and oxygen atoms in total. The third-order valence-corrected chi connectivity index (χ3v) is 3.60. The molecule has 0 aromatic rings. The Bertz CT molecular complexity index is 246. The SMILES string of the molecule is COC1(CNCCCC(C)(C)C#N)CCC1. The van der Waals surface area contributed by atoms with E-state index < -0.39 is 0 Å². The van der Waals surface area contributed by atoms with Crippen LogP contribution in [0.15, 0.2) is 0 Å². The second-order valence-corrected chi connectivity index (χ2v) is 5.52. The lowest BCUT2D eigenvalue weighted by Crippen LogP contribution is -2.48. The Morgan fingerprint density at radius 3 is 2.56 bits per heavy atom. The summed E-state index contributed by atoms with van der Waals surface area (Å²) in [7, 11) is 1.81. The van der Waals surface area contributed by atoms with Gasteiger partial charge in [0.05, 0.1) is 17.1 Å². The van der Waals surface area contributed by atoms with Crippen molar-refractivity contribution >= 4 is 0 Å². The van der Waals surface area contributed by atoms with Crippen LogP contribution in [-0.4, -0.2) is 25.8 Å². The van der Waals surface area contributed by atoms with Gasteiger partial charge in [-0.15, -0.1) is 0 Å². The highest BCUT2D eigenvalue weighted by molar-refractivity contribution is 4.92. The maximum atomic E-state index is 8.87. The molecule has 1 saturated carbocycles. The summed E-state index contributed by atoms with van der Waals surface area (Å²) in [5.41, 5.74) is -0.0676. The van der Waals surface area contributed by atoms with Gasteiger partial charge < -0.3 is 10.1 Å². The lowest BCUT2D eigenvalue weighted by atomic mass is 9.80. The Morgan fingerprint density at radius 1 is 1.44 bits per heavy atom. The van der Waals surface area contributed by atoms with Gasteiger partial charge >= 0.3 is 0 Å². The van der Waals surface area contributed by atoms with Crippen LogP contribution in [0, 0.1) is 16.7 Å². The van der Waals surface area contributed by atoms with E-state index in [2.05, 4.69) is 11.4 Å². The summed E-state index contributed by atoms with van der Waals surface area (Å²) in [6, 6.07) is 2.33. The van der Waals surface area contributed by atoms with Crippen molar-refractivity contribution in [2.24, 2.45) is 5.41 Å². The molecule has 0 atom stereocenters. The van der Waals surface area contributed by atoms with E-state index in [1.807, 2.05) is 13.8 Å². The van der Waals surface area contributed by atoms with E-state index in [0.717, 1.165) is 25.9 Å². The van der Waals surface area contributed by atoms with E-state index in [1.165, 1.54) is 19.3 Å². The Labute approximate surface area is 99.2 Å². The van der Waals surface area contributed by atoms with Gasteiger partial charge in [0.25, 0.3) is 0 Å². The second kappa shape index (κ2) is 5.65. The third kappa shape index (κ3) is 3.77. The molecule has 0 unspecified atom stereocenters. The Balaban J connectivity index is 2.06. The molecule has 3 heteroatoms. The fourth-order valence-electron chi connectivity index (χ4n) is 2.05. The summed E-state index contributed by atoms with van der Waals surface area (Å²) in [5, 5.41) is 12.3. The van der Waals surface area contributed by atoms with Crippen molar-refractivity contribution in [3.63, 3.8) is 0 Å². The monoisotopic (exact) mass is 224 g/mol. The minimum atomic E-state index is -0.183. The molecule has 0 aliphatic heterocycles. The average molecular weight is 224 g/mol. The first-order chi connectivity index (χ1) is 7.54. The number of rotatable bonds is 7. The number of hydrogen-bond acceptors (Lipinski definition) is 3. The van der Waals surface area contributed by atoms with Crippen LogP contribution in [0.3, 0.4) is 0 Å². The van der Waals surface area contributed by atoms with E-state index in [0.29, 0.717) is 0 Å². The molecule has 0 saturated heterocycles. The molecule has 1 rings (SSSR count). The molecule has 0 aromatic carbocycles. The summed E-state index contributed by atoms with van der Waals surface area (Å²) in [6.07, 6.45) is 5.66. The van der Waals surface area contributed by atoms with Crippen molar-refractivity contribution in [2.75, 3.05) is 20.2 Å². The van der Waals surface area contributed by atoms with Crippen LogP contribution in [0.2, 0.25) is 0 Å². The van der Waals surface area contributed by atoms with Crippen molar-refractivity contribution in [2.45, 2.75) is 51.6 Å². The third-order valence-electron chi connectivity index (χ3n) is 3.60. The molecule has 0 radical (unpaired) electrons. The highest BCUT2D eigenvalue weighted by Crippen LogP contribution is 2.34. The first-order valence-corrected chi connectivity index (χ1v) is 6.21. The highest BCUT2D eigenvalue weighted by atomic mass is 16.5. The lowest BCUT2D eigenvalue weighted by Gasteiger charge is -2.40. The summed E-state index contributed by atoms with van der Waals surface area (Å²) < 4.78 is 5.53. The van der Waals surface area contributed by atoms with Crippen molar-refractivity contribution in [1.82, 2.24) is 5.32 Å². The number of hydrogen-bond donors (Lipinski definition) is 1. The van der Waals surface area contributed by atoms with E-state index in [9.17, 15) is 0 Å². The zero-order valence-electron chi connectivity index (χ0n) is 10.8. The summed E-state index contributed by atoms with van der Waals surface area (Å²) in [5.74, 6) is 0. The summed E-state index contributed by atoms with van der Waals surface area (Å²) in [6.45, 7) is 5.93. The van der Waals surface area contributed by atoms with Crippen LogP contribution in [0.1, 0.15) is 46.0 Å². The zero-order chi connectivity index (χ0) is 12.1. The van der Waals surface area contributed by atoms with Crippen molar-refractivity contribution < 1.29 is 4.74 Å². The Morgan fingerprint density at radius 2 is 2.12 bits per heavy atom. The fourth-order valence-corrected chi connectivity index (χ4v) is 2.05. The van der Waals surface area contributed by atoms with Gasteiger partial charge in [0.15, 0.2) is 0 Å². The van der Waals surface area contributed by atoms with Crippen molar-refractivity contribution in [3.05, 3.63) is 0 Å². The molecular weight excluding hydrogens is 200 g/mol. The van der Waals surface area contributed by atoms with Gasteiger partial charge in [-0.3, -0.25) is 0 Å². The molecule has 0 aromatic heterocycles. The minimum absolute atomic E-state index is 0.116. The molecule has 0 spiro atoms. The maximum Gasteiger partial charge on any atom is 0.0802 e. The number of methoxy groups -OCH3 is 1. The standard InChI is InChI=1S/C13H24N2O/c1-12(2,10-14)6-5-9-15-11-13(16-3)7-4-8-13/h15H,4-9,11H2,1-3H3. The molecule has 92 valence electrons.